The van der Waals surface area contributed by atoms with E-state index in [-0.39, 0.29) is 6.09 Å². The molecule has 0 saturated carbocycles. The van der Waals surface area contributed by atoms with E-state index in [2.05, 4.69) is 34.2 Å². The fraction of sp³-hybridized carbons (Fsp3) is 0.667. The Morgan fingerprint density at radius 3 is 2.36 bits per heavy atom. The molecule has 6 nitrogen and oxygen atoms in total. The minimum atomic E-state index is -0.454. The minimum Gasteiger partial charge on any atom is -0.444 e. The number of thiol groups is 1. The van der Waals surface area contributed by atoms with Crippen LogP contribution >= 0.6 is 12.6 Å². The number of hydrogen-bond donors (Lipinski definition) is 2. The predicted molar refractivity (Wildman–Crippen MR) is 117 cm³/mol. The first-order valence-corrected chi connectivity index (χ1v) is 10.7. The van der Waals surface area contributed by atoms with Crippen molar-refractivity contribution in [2.24, 2.45) is 0 Å². The number of benzene rings is 1. The van der Waals surface area contributed by atoms with Gasteiger partial charge in [-0.1, -0.05) is 0 Å². The van der Waals surface area contributed by atoms with Gasteiger partial charge in [-0.15, -0.1) is 12.6 Å². The van der Waals surface area contributed by atoms with Gasteiger partial charge in [0, 0.05) is 69.5 Å². The van der Waals surface area contributed by atoms with Crippen LogP contribution < -0.4 is 10.2 Å². The summed E-state index contributed by atoms with van der Waals surface area (Å²) in [4.78, 5) is 20.0. The van der Waals surface area contributed by atoms with Gasteiger partial charge < -0.3 is 19.9 Å². The maximum Gasteiger partial charge on any atom is 0.410 e. The lowest BCUT2D eigenvalue weighted by Gasteiger charge is -2.38. The van der Waals surface area contributed by atoms with Crippen molar-refractivity contribution >= 4 is 24.4 Å². The van der Waals surface area contributed by atoms with Gasteiger partial charge in [0.25, 0.3) is 0 Å². The van der Waals surface area contributed by atoms with Crippen molar-refractivity contribution in [2.75, 3.05) is 57.3 Å². The Balaban J connectivity index is 1.65. The van der Waals surface area contributed by atoms with E-state index in [1.807, 2.05) is 25.7 Å². The van der Waals surface area contributed by atoms with E-state index >= 15 is 0 Å². The predicted octanol–water partition coefficient (Wildman–Crippen LogP) is 2.75. The normalized spacial score (nSPS) is 19.0. The molecule has 0 aliphatic carbocycles. The number of carbonyl (C=O) groups excluding carboxylic acids is 1. The molecule has 1 aromatic carbocycles. The summed E-state index contributed by atoms with van der Waals surface area (Å²) in [7, 11) is 0. The Morgan fingerprint density at radius 2 is 1.75 bits per heavy atom. The molecule has 0 atom stereocenters. The van der Waals surface area contributed by atoms with E-state index in [1.165, 1.54) is 16.8 Å². The third-order valence-electron chi connectivity index (χ3n) is 5.30. The smallest absolute Gasteiger partial charge is 0.410 e. The van der Waals surface area contributed by atoms with Crippen LogP contribution in [0.5, 0.6) is 0 Å². The van der Waals surface area contributed by atoms with Crippen molar-refractivity contribution in [1.29, 1.82) is 0 Å². The van der Waals surface area contributed by atoms with Crippen LogP contribution in [0.1, 0.15) is 31.9 Å². The molecule has 0 aromatic heterocycles. The molecule has 2 fully saturated rings. The number of carbonyl (C=O) groups is 1. The highest BCUT2D eigenvalue weighted by Crippen LogP contribution is 2.29. The number of hydrogen-bond acceptors (Lipinski definition) is 6. The molecular weight excluding hydrogens is 372 g/mol. The molecule has 2 heterocycles. The van der Waals surface area contributed by atoms with Gasteiger partial charge in [-0.05, 0) is 51.0 Å². The van der Waals surface area contributed by atoms with E-state index in [4.69, 9.17) is 17.4 Å². The number of nitrogens with one attached hydrogen (secondary N) is 1. The van der Waals surface area contributed by atoms with Gasteiger partial charge in [0.1, 0.15) is 5.60 Å². The zero-order valence-electron chi connectivity index (χ0n) is 17.6. The lowest BCUT2D eigenvalue weighted by Crippen LogP contribution is -2.50. The van der Waals surface area contributed by atoms with Crippen LogP contribution in [0.2, 0.25) is 0 Å². The lowest BCUT2D eigenvalue weighted by atomic mass is 10.1. The van der Waals surface area contributed by atoms with Gasteiger partial charge >= 0.3 is 6.09 Å². The molecule has 2 saturated heterocycles. The molecule has 0 radical (unpaired) electrons. The van der Waals surface area contributed by atoms with Gasteiger partial charge in [0.15, 0.2) is 0 Å². The molecule has 1 N–H and O–H groups in total. The number of nitrogens with zero attached hydrogens (tertiary/aromatic N) is 3. The average molecular weight is 407 g/mol. The van der Waals surface area contributed by atoms with Crippen LogP contribution in [0.3, 0.4) is 0 Å². The summed E-state index contributed by atoms with van der Waals surface area (Å²) in [6, 6.07) is 4.50. The summed E-state index contributed by atoms with van der Waals surface area (Å²) in [5.74, 6) is 0. The molecule has 0 bridgehead atoms. The minimum absolute atomic E-state index is 0.216. The van der Waals surface area contributed by atoms with E-state index in [9.17, 15) is 4.79 Å². The highest BCUT2D eigenvalue weighted by molar-refractivity contribution is 7.80. The number of anilines is 1. The Bertz CT molecular complexity index is 690. The molecule has 7 heteroatoms. The van der Waals surface area contributed by atoms with Crippen LogP contribution in [0.25, 0.3) is 0 Å². The molecule has 0 unspecified atom stereocenters. The second kappa shape index (κ2) is 8.93. The van der Waals surface area contributed by atoms with Crippen molar-refractivity contribution < 1.29 is 9.53 Å². The average Bonchev–Trinajstić information content (AvgIpc) is 2.64. The maximum atomic E-state index is 12.3. The van der Waals surface area contributed by atoms with Gasteiger partial charge in [-0.25, -0.2) is 4.79 Å². The van der Waals surface area contributed by atoms with Crippen LogP contribution in [0.4, 0.5) is 10.5 Å². The van der Waals surface area contributed by atoms with Crippen LogP contribution in [0, 0.1) is 6.92 Å². The molecule has 2 aliphatic rings. The summed E-state index contributed by atoms with van der Waals surface area (Å²) in [5.41, 5.74) is 3.30. The monoisotopic (exact) mass is 406 g/mol. The van der Waals surface area contributed by atoms with Gasteiger partial charge in [0.05, 0.1) is 0 Å². The standard InChI is InChI=1S/C21H34N4O2S/c1-16-18(13-17(14-19(16)28)15-23-7-5-22-6-8-23)24-9-11-25(12-10-24)20(26)27-21(2,3)4/h13-14,22,28H,5-12,15H2,1-4H3. The molecule has 0 spiro atoms. The van der Waals surface area contributed by atoms with Crippen molar-refractivity contribution in [2.45, 2.75) is 44.7 Å². The second-order valence-corrected chi connectivity index (χ2v) is 9.22. The Labute approximate surface area is 174 Å². The zero-order chi connectivity index (χ0) is 20.3. The highest BCUT2D eigenvalue weighted by atomic mass is 32.1. The van der Waals surface area contributed by atoms with Crippen molar-refractivity contribution in [3.8, 4) is 0 Å². The van der Waals surface area contributed by atoms with Gasteiger partial charge in [-0.2, -0.15) is 0 Å². The van der Waals surface area contributed by atoms with Gasteiger partial charge in [0.2, 0.25) is 0 Å². The van der Waals surface area contributed by atoms with E-state index < -0.39 is 5.60 Å². The van der Waals surface area contributed by atoms with Gasteiger partial charge in [-0.3, -0.25) is 4.90 Å². The maximum absolute atomic E-state index is 12.3. The summed E-state index contributed by atoms with van der Waals surface area (Å²) in [6.45, 7) is 16.1. The summed E-state index contributed by atoms with van der Waals surface area (Å²) in [6.07, 6.45) is -0.216. The van der Waals surface area contributed by atoms with E-state index in [1.54, 1.807) is 0 Å². The second-order valence-electron chi connectivity index (χ2n) is 8.74. The summed E-state index contributed by atoms with van der Waals surface area (Å²) in [5, 5.41) is 3.40. The quantitative estimate of drug-likeness (QED) is 0.756. The van der Waals surface area contributed by atoms with E-state index in [0.717, 1.165) is 50.7 Å². The number of piperazine rings is 2. The largest absolute Gasteiger partial charge is 0.444 e. The SMILES string of the molecule is Cc1c(S)cc(CN2CCNCC2)cc1N1CCN(C(=O)OC(C)(C)C)CC1. The first kappa shape index (κ1) is 21.3. The molecule has 2 aliphatic heterocycles. The first-order valence-electron chi connectivity index (χ1n) is 10.2. The lowest BCUT2D eigenvalue weighted by molar-refractivity contribution is 0.0240. The zero-order valence-corrected chi connectivity index (χ0v) is 18.5. The Kier molecular flexibility index (Phi) is 6.78. The molecular formula is C21H34N4O2S. The third-order valence-corrected chi connectivity index (χ3v) is 5.77. The highest BCUT2D eigenvalue weighted by Gasteiger charge is 2.27. The third kappa shape index (κ3) is 5.55. The topological polar surface area (TPSA) is 48.0 Å². The van der Waals surface area contributed by atoms with Crippen molar-refractivity contribution in [3.05, 3.63) is 23.3 Å². The van der Waals surface area contributed by atoms with Crippen LogP contribution in [-0.2, 0) is 11.3 Å². The van der Waals surface area contributed by atoms with Crippen molar-refractivity contribution in [3.63, 3.8) is 0 Å². The molecule has 1 amide bonds. The number of amides is 1. The van der Waals surface area contributed by atoms with Crippen LogP contribution in [-0.4, -0.2) is 73.9 Å². The van der Waals surface area contributed by atoms with E-state index in [0.29, 0.717) is 13.1 Å². The molecule has 28 heavy (non-hydrogen) atoms. The fourth-order valence-corrected chi connectivity index (χ4v) is 4.02. The molecule has 1 aromatic rings. The van der Waals surface area contributed by atoms with Crippen LogP contribution in [0.15, 0.2) is 17.0 Å². The Hall–Kier alpha value is -1.44. The Morgan fingerprint density at radius 1 is 1.11 bits per heavy atom. The fourth-order valence-electron chi connectivity index (χ4n) is 3.74. The molecule has 156 valence electrons. The number of ether oxygens (including phenoxy) is 1. The summed E-state index contributed by atoms with van der Waals surface area (Å²) >= 11 is 4.73. The van der Waals surface area contributed by atoms with Crippen molar-refractivity contribution in [1.82, 2.24) is 15.1 Å². The first-order chi connectivity index (χ1) is 13.2. The summed E-state index contributed by atoms with van der Waals surface area (Å²) < 4.78 is 5.51. The molecule has 3 rings (SSSR count). The number of rotatable bonds is 3.